The van der Waals surface area contributed by atoms with Crippen LogP contribution in [0.15, 0.2) is 53.3 Å². The molecule has 0 aliphatic heterocycles. The quantitative estimate of drug-likeness (QED) is 0.645. The Bertz CT molecular complexity index is 967. The molecule has 0 unspecified atom stereocenters. The number of halogens is 4. The Kier molecular flexibility index (Phi) is 4.73. The zero-order valence-electron chi connectivity index (χ0n) is 13.4. The maximum absolute atomic E-state index is 12.8. The zero-order valence-corrected chi connectivity index (χ0v) is 14.2. The molecule has 1 aromatic carbocycles. The molecule has 3 aromatic rings. The van der Waals surface area contributed by atoms with Crippen molar-refractivity contribution in [1.29, 1.82) is 0 Å². The lowest BCUT2D eigenvalue weighted by Crippen LogP contribution is -2.13. The first-order chi connectivity index (χ1) is 12.3. The predicted octanol–water partition coefficient (Wildman–Crippen LogP) is 5.57. The van der Waals surface area contributed by atoms with E-state index in [4.69, 9.17) is 16.0 Å². The minimum atomic E-state index is -4.54. The van der Waals surface area contributed by atoms with E-state index < -0.39 is 17.6 Å². The van der Waals surface area contributed by atoms with Gasteiger partial charge in [0, 0.05) is 11.8 Å². The van der Waals surface area contributed by atoms with Crippen molar-refractivity contribution in [3.63, 3.8) is 0 Å². The average molecular weight is 381 g/mol. The Morgan fingerprint density at radius 1 is 1.23 bits per heavy atom. The summed E-state index contributed by atoms with van der Waals surface area (Å²) < 4.78 is 43.5. The predicted molar refractivity (Wildman–Crippen MR) is 91.1 cm³/mol. The SMILES string of the molecule is Cc1occc1C(=O)Nc1ccccc1-c1ncc(C(F)(F)F)cc1Cl. The molecule has 0 radical (unpaired) electrons. The van der Waals surface area contributed by atoms with Gasteiger partial charge in [0.1, 0.15) is 5.76 Å². The van der Waals surface area contributed by atoms with Gasteiger partial charge in [0.25, 0.3) is 5.91 Å². The fourth-order valence-electron chi connectivity index (χ4n) is 2.40. The van der Waals surface area contributed by atoms with E-state index in [-0.39, 0.29) is 10.7 Å². The number of carbonyl (C=O) groups excluding carboxylic acids is 1. The summed E-state index contributed by atoms with van der Waals surface area (Å²) in [5.41, 5.74) is 0.320. The van der Waals surface area contributed by atoms with Crippen LogP contribution in [-0.2, 0) is 6.18 Å². The molecular formula is C18H12ClF3N2O2. The Balaban J connectivity index is 1.98. The highest BCUT2D eigenvalue weighted by Crippen LogP contribution is 2.36. The minimum Gasteiger partial charge on any atom is -0.469 e. The van der Waals surface area contributed by atoms with Gasteiger partial charge in [-0.05, 0) is 25.1 Å². The summed E-state index contributed by atoms with van der Waals surface area (Å²) in [6.45, 7) is 1.65. The van der Waals surface area contributed by atoms with Gasteiger partial charge in [0.2, 0.25) is 0 Å². The molecule has 8 heteroatoms. The highest BCUT2D eigenvalue weighted by atomic mass is 35.5. The molecule has 0 aliphatic rings. The number of aromatic nitrogens is 1. The normalized spacial score (nSPS) is 11.4. The van der Waals surface area contributed by atoms with E-state index in [0.29, 0.717) is 28.8 Å². The Hall–Kier alpha value is -2.80. The van der Waals surface area contributed by atoms with Crippen LogP contribution in [0.4, 0.5) is 18.9 Å². The molecule has 0 spiro atoms. The number of furan rings is 1. The largest absolute Gasteiger partial charge is 0.469 e. The molecule has 0 bridgehead atoms. The first kappa shape index (κ1) is 18.0. The fraction of sp³-hybridized carbons (Fsp3) is 0.111. The second-order valence-electron chi connectivity index (χ2n) is 5.44. The van der Waals surface area contributed by atoms with Crippen LogP contribution in [0.3, 0.4) is 0 Å². The molecule has 134 valence electrons. The molecule has 4 nitrogen and oxygen atoms in total. The first-order valence-corrected chi connectivity index (χ1v) is 7.83. The average Bonchev–Trinajstić information content (AvgIpc) is 3.01. The van der Waals surface area contributed by atoms with Crippen LogP contribution in [0.25, 0.3) is 11.3 Å². The van der Waals surface area contributed by atoms with Crippen molar-refractivity contribution >= 4 is 23.2 Å². The molecule has 2 aromatic heterocycles. The standard InChI is InChI=1S/C18H12ClF3N2O2/c1-10-12(6-7-26-10)17(25)24-15-5-3-2-4-13(15)16-14(19)8-11(9-23-16)18(20,21)22/h2-9H,1H3,(H,24,25). The molecule has 0 aliphatic carbocycles. The van der Waals surface area contributed by atoms with Crippen molar-refractivity contribution in [3.8, 4) is 11.3 Å². The summed E-state index contributed by atoms with van der Waals surface area (Å²) in [5.74, 6) is 0.0393. The van der Waals surface area contributed by atoms with Gasteiger partial charge in [0.05, 0.1) is 33.8 Å². The highest BCUT2D eigenvalue weighted by molar-refractivity contribution is 6.33. The summed E-state index contributed by atoms with van der Waals surface area (Å²) in [5, 5.41) is 2.54. The number of amides is 1. The van der Waals surface area contributed by atoms with Crippen molar-refractivity contribution in [3.05, 3.63) is 70.8 Å². The van der Waals surface area contributed by atoms with Crippen LogP contribution >= 0.6 is 11.6 Å². The molecular weight excluding hydrogens is 369 g/mol. The van der Waals surface area contributed by atoms with E-state index in [9.17, 15) is 18.0 Å². The third-order valence-electron chi connectivity index (χ3n) is 3.70. The number of rotatable bonds is 3. The van der Waals surface area contributed by atoms with E-state index in [0.717, 1.165) is 6.07 Å². The third kappa shape index (κ3) is 3.57. The van der Waals surface area contributed by atoms with E-state index >= 15 is 0 Å². The van der Waals surface area contributed by atoms with Gasteiger partial charge in [0.15, 0.2) is 0 Å². The second kappa shape index (κ2) is 6.84. The molecule has 0 saturated carbocycles. The van der Waals surface area contributed by atoms with Gasteiger partial charge < -0.3 is 9.73 Å². The van der Waals surface area contributed by atoms with E-state index in [1.807, 2.05) is 0 Å². The first-order valence-electron chi connectivity index (χ1n) is 7.45. The highest BCUT2D eigenvalue weighted by Gasteiger charge is 2.31. The van der Waals surface area contributed by atoms with Crippen LogP contribution in [0.2, 0.25) is 5.02 Å². The summed E-state index contributed by atoms with van der Waals surface area (Å²) in [6.07, 6.45) is -2.44. The number of hydrogen-bond acceptors (Lipinski definition) is 3. The van der Waals surface area contributed by atoms with Crippen LogP contribution in [-0.4, -0.2) is 10.9 Å². The third-order valence-corrected chi connectivity index (χ3v) is 3.99. The van der Waals surface area contributed by atoms with Crippen molar-refractivity contribution in [2.24, 2.45) is 0 Å². The topological polar surface area (TPSA) is 55.1 Å². The number of nitrogens with one attached hydrogen (secondary N) is 1. The molecule has 1 amide bonds. The van der Waals surface area contributed by atoms with Crippen molar-refractivity contribution in [2.75, 3.05) is 5.32 Å². The zero-order chi connectivity index (χ0) is 18.9. The van der Waals surface area contributed by atoms with Gasteiger partial charge >= 0.3 is 6.18 Å². The van der Waals surface area contributed by atoms with Crippen molar-refractivity contribution in [2.45, 2.75) is 13.1 Å². The molecule has 0 saturated heterocycles. The van der Waals surface area contributed by atoms with Crippen LogP contribution in [0.1, 0.15) is 21.7 Å². The van der Waals surface area contributed by atoms with Crippen LogP contribution in [0, 0.1) is 6.92 Å². The number of aryl methyl sites for hydroxylation is 1. The Morgan fingerprint density at radius 2 is 1.96 bits per heavy atom. The van der Waals surface area contributed by atoms with Gasteiger partial charge in [-0.15, -0.1) is 0 Å². The van der Waals surface area contributed by atoms with Crippen molar-refractivity contribution < 1.29 is 22.4 Å². The van der Waals surface area contributed by atoms with E-state index in [1.165, 1.54) is 12.3 Å². The van der Waals surface area contributed by atoms with Gasteiger partial charge in [-0.2, -0.15) is 13.2 Å². The lowest BCUT2D eigenvalue weighted by atomic mass is 10.1. The number of benzene rings is 1. The van der Waals surface area contributed by atoms with Gasteiger partial charge in [-0.1, -0.05) is 29.8 Å². The summed E-state index contributed by atoms with van der Waals surface area (Å²) in [4.78, 5) is 16.2. The second-order valence-corrected chi connectivity index (χ2v) is 5.85. The summed E-state index contributed by atoms with van der Waals surface area (Å²) in [6, 6.07) is 8.90. The van der Waals surface area contributed by atoms with Gasteiger partial charge in [-0.3, -0.25) is 9.78 Å². The molecule has 1 N–H and O–H groups in total. The van der Waals surface area contributed by atoms with Gasteiger partial charge in [-0.25, -0.2) is 0 Å². The number of para-hydroxylation sites is 1. The monoisotopic (exact) mass is 380 g/mol. The molecule has 26 heavy (non-hydrogen) atoms. The van der Waals surface area contributed by atoms with E-state index in [1.54, 1.807) is 31.2 Å². The number of carbonyl (C=O) groups is 1. The number of anilines is 1. The van der Waals surface area contributed by atoms with E-state index in [2.05, 4.69) is 10.3 Å². The van der Waals surface area contributed by atoms with Crippen LogP contribution < -0.4 is 5.32 Å². The van der Waals surface area contributed by atoms with Crippen LogP contribution in [0.5, 0.6) is 0 Å². The number of hydrogen-bond donors (Lipinski definition) is 1. The molecule has 2 heterocycles. The van der Waals surface area contributed by atoms with Crippen molar-refractivity contribution in [1.82, 2.24) is 4.98 Å². The number of nitrogens with zero attached hydrogens (tertiary/aromatic N) is 1. The Morgan fingerprint density at radius 3 is 2.58 bits per heavy atom. The maximum atomic E-state index is 12.8. The Labute approximate surface area is 151 Å². The molecule has 0 atom stereocenters. The fourth-order valence-corrected chi connectivity index (χ4v) is 2.67. The smallest absolute Gasteiger partial charge is 0.417 e. The number of alkyl halides is 3. The summed E-state index contributed by atoms with van der Waals surface area (Å²) >= 11 is 6.01. The molecule has 3 rings (SSSR count). The lowest BCUT2D eigenvalue weighted by Gasteiger charge is -2.13. The minimum absolute atomic E-state index is 0.138. The number of pyridine rings is 1. The lowest BCUT2D eigenvalue weighted by molar-refractivity contribution is -0.137. The summed E-state index contributed by atoms with van der Waals surface area (Å²) in [7, 11) is 0. The maximum Gasteiger partial charge on any atom is 0.417 e. The molecule has 0 fully saturated rings.